The van der Waals surface area contributed by atoms with E-state index in [1.165, 1.54) is 0 Å². The normalized spacial score (nSPS) is 16.5. The monoisotopic (exact) mass is 200 g/mol. The average Bonchev–Trinajstić information content (AvgIpc) is 2.43. The van der Waals surface area contributed by atoms with E-state index >= 15 is 0 Å². The average molecular weight is 200 g/mol. The second kappa shape index (κ2) is 4.83. The van der Waals surface area contributed by atoms with Crippen molar-refractivity contribution in [2.24, 2.45) is 0 Å². The van der Waals surface area contributed by atoms with Crippen molar-refractivity contribution in [1.82, 2.24) is 9.80 Å². The molecule has 14 heavy (non-hydrogen) atoms. The highest BCUT2D eigenvalue weighted by atomic mass is 16.4. The summed E-state index contributed by atoms with van der Waals surface area (Å²) in [6.07, 6.45) is 1.60. The van der Waals surface area contributed by atoms with Crippen LogP contribution in [0.15, 0.2) is 0 Å². The van der Waals surface area contributed by atoms with Gasteiger partial charge in [0.05, 0.1) is 0 Å². The van der Waals surface area contributed by atoms with Gasteiger partial charge in [-0.3, -0.25) is 4.79 Å². The fourth-order valence-corrected chi connectivity index (χ4v) is 1.49. The number of carbonyl (C=O) groups is 2. The fourth-order valence-electron chi connectivity index (χ4n) is 1.49. The summed E-state index contributed by atoms with van der Waals surface area (Å²) in [6.45, 7) is 2.22. The van der Waals surface area contributed by atoms with E-state index in [-0.39, 0.29) is 12.5 Å². The number of unbranched alkanes of at least 4 members (excludes halogenated alkanes) is 1. The van der Waals surface area contributed by atoms with Gasteiger partial charge in [-0.05, 0) is 12.8 Å². The number of rotatable bonds is 5. The van der Waals surface area contributed by atoms with E-state index in [2.05, 4.69) is 0 Å². The molecule has 0 aromatic rings. The summed E-state index contributed by atoms with van der Waals surface area (Å²) in [5.74, 6) is -0.769. The van der Waals surface area contributed by atoms with E-state index in [4.69, 9.17) is 5.11 Å². The molecule has 5 nitrogen and oxygen atoms in total. The fraction of sp³-hybridized carbons (Fsp3) is 0.778. The minimum atomic E-state index is -0.769. The third kappa shape index (κ3) is 2.90. The summed E-state index contributed by atoms with van der Waals surface area (Å²) < 4.78 is 0. The molecular formula is C9H16N2O3. The third-order valence-electron chi connectivity index (χ3n) is 2.37. The predicted octanol–water partition coefficient (Wildman–Crippen LogP) is 0.609. The van der Waals surface area contributed by atoms with Crippen LogP contribution < -0.4 is 0 Å². The van der Waals surface area contributed by atoms with Gasteiger partial charge < -0.3 is 14.9 Å². The lowest BCUT2D eigenvalue weighted by atomic mass is 10.2. The number of hydrogen-bond donors (Lipinski definition) is 1. The van der Waals surface area contributed by atoms with E-state index < -0.39 is 5.97 Å². The highest BCUT2D eigenvalue weighted by Crippen LogP contribution is 2.07. The summed E-state index contributed by atoms with van der Waals surface area (Å²) in [5, 5.41) is 8.41. The topological polar surface area (TPSA) is 60.9 Å². The van der Waals surface area contributed by atoms with Crippen LogP contribution in [0.5, 0.6) is 0 Å². The Hall–Kier alpha value is -1.26. The van der Waals surface area contributed by atoms with Gasteiger partial charge in [0.1, 0.15) is 0 Å². The molecule has 0 aromatic heterocycles. The van der Waals surface area contributed by atoms with Gasteiger partial charge in [0, 0.05) is 33.1 Å². The first-order valence-electron chi connectivity index (χ1n) is 4.83. The molecular weight excluding hydrogens is 184 g/mol. The van der Waals surface area contributed by atoms with Crippen LogP contribution in [0.2, 0.25) is 0 Å². The van der Waals surface area contributed by atoms with Crippen LogP contribution >= 0.6 is 0 Å². The summed E-state index contributed by atoms with van der Waals surface area (Å²) in [5.41, 5.74) is 0. The molecule has 0 radical (unpaired) electrons. The van der Waals surface area contributed by atoms with E-state index in [1.807, 2.05) is 0 Å². The van der Waals surface area contributed by atoms with Crippen molar-refractivity contribution < 1.29 is 14.7 Å². The standard InChI is InChI=1S/C9H16N2O3/c1-10-6-7-11(9(10)14)5-3-2-4-8(12)13/h2-7H2,1H3,(H,12,13). The Morgan fingerprint density at radius 3 is 2.64 bits per heavy atom. The first kappa shape index (κ1) is 10.8. The lowest BCUT2D eigenvalue weighted by Crippen LogP contribution is -2.30. The van der Waals surface area contributed by atoms with E-state index in [0.29, 0.717) is 13.0 Å². The molecule has 5 heteroatoms. The zero-order chi connectivity index (χ0) is 10.6. The summed E-state index contributed by atoms with van der Waals surface area (Å²) in [6, 6.07) is 0.0559. The van der Waals surface area contributed by atoms with Crippen LogP contribution in [-0.2, 0) is 4.79 Å². The minimum absolute atomic E-state index is 0.0559. The summed E-state index contributed by atoms with van der Waals surface area (Å²) >= 11 is 0. The van der Waals surface area contributed by atoms with Crippen molar-refractivity contribution in [3.8, 4) is 0 Å². The third-order valence-corrected chi connectivity index (χ3v) is 2.37. The highest BCUT2D eigenvalue weighted by molar-refractivity contribution is 5.76. The highest BCUT2D eigenvalue weighted by Gasteiger charge is 2.24. The molecule has 0 atom stereocenters. The SMILES string of the molecule is CN1CCN(CCCCC(=O)O)C1=O. The Balaban J connectivity index is 2.13. The lowest BCUT2D eigenvalue weighted by molar-refractivity contribution is -0.137. The quantitative estimate of drug-likeness (QED) is 0.661. The first-order chi connectivity index (χ1) is 6.61. The molecule has 0 saturated carbocycles. The number of carbonyl (C=O) groups excluding carboxylic acids is 1. The molecule has 0 bridgehead atoms. The molecule has 0 aliphatic carbocycles. The van der Waals surface area contributed by atoms with Crippen LogP contribution in [0.3, 0.4) is 0 Å². The van der Waals surface area contributed by atoms with Gasteiger partial charge in [-0.25, -0.2) is 4.79 Å². The van der Waals surface area contributed by atoms with E-state index in [1.54, 1.807) is 16.8 Å². The molecule has 1 aliphatic rings. The second-order valence-electron chi connectivity index (χ2n) is 3.54. The number of hydrogen-bond acceptors (Lipinski definition) is 2. The number of aliphatic carboxylic acids is 1. The zero-order valence-electron chi connectivity index (χ0n) is 8.40. The Labute approximate surface area is 83.3 Å². The molecule has 0 aromatic carbocycles. The van der Waals surface area contributed by atoms with Gasteiger partial charge >= 0.3 is 12.0 Å². The number of carboxylic acid groups (broad SMARTS) is 1. The molecule has 2 amide bonds. The van der Waals surface area contributed by atoms with Crippen molar-refractivity contribution in [3.05, 3.63) is 0 Å². The van der Waals surface area contributed by atoms with Crippen molar-refractivity contribution in [3.63, 3.8) is 0 Å². The molecule has 0 spiro atoms. The van der Waals surface area contributed by atoms with E-state index in [0.717, 1.165) is 19.5 Å². The molecule has 1 rings (SSSR count). The van der Waals surface area contributed by atoms with Crippen molar-refractivity contribution in [2.45, 2.75) is 19.3 Å². The molecule has 1 N–H and O–H groups in total. The Morgan fingerprint density at radius 2 is 2.14 bits per heavy atom. The Morgan fingerprint density at radius 1 is 1.43 bits per heavy atom. The first-order valence-corrected chi connectivity index (χ1v) is 4.83. The summed E-state index contributed by atoms with van der Waals surface area (Å²) in [4.78, 5) is 25.0. The van der Waals surface area contributed by atoms with Crippen LogP contribution in [-0.4, -0.2) is 53.6 Å². The van der Waals surface area contributed by atoms with Crippen LogP contribution in [0, 0.1) is 0 Å². The van der Waals surface area contributed by atoms with Gasteiger partial charge in [0.25, 0.3) is 0 Å². The number of carboxylic acids is 1. The Kier molecular flexibility index (Phi) is 3.73. The largest absolute Gasteiger partial charge is 0.481 e. The van der Waals surface area contributed by atoms with Crippen molar-refractivity contribution in [1.29, 1.82) is 0 Å². The minimum Gasteiger partial charge on any atom is -0.481 e. The molecule has 0 unspecified atom stereocenters. The molecule has 1 aliphatic heterocycles. The van der Waals surface area contributed by atoms with Crippen molar-refractivity contribution in [2.75, 3.05) is 26.7 Å². The van der Waals surface area contributed by atoms with Crippen LogP contribution in [0.25, 0.3) is 0 Å². The number of nitrogens with zero attached hydrogens (tertiary/aromatic N) is 2. The maximum Gasteiger partial charge on any atom is 0.319 e. The summed E-state index contributed by atoms with van der Waals surface area (Å²) in [7, 11) is 1.78. The van der Waals surface area contributed by atoms with E-state index in [9.17, 15) is 9.59 Å². The smallest absolute Gasteiger partial charge is 0.319 e. The maximum atomic E-state index is 11.4. The molecule has 80 valence electrons. The van der Waals surface area contributed by atoms with Crippen molar-refractivity contribution >= 4 is 12.0 Å². The molecule has 1 saturated heterocycles. The van der Waals surface area contributed by atoms with Crippen LogP contribution in [0.4, 0.5) is 4.79 Å². The van der Waals surface area contributed by atoms with Gasteiger partial charge in [-0.1, -0.05) is 0 Å². The molecule has 1 fully saturated rings. The van der Waals surface area contributed by atoms with Gasteiger partial charge in [-0.15, -0.1) is 0 Å². The van der Waals surface area contributed by atoms with Gasteiger partial charge in [0.2, 0.25) is 0 Å². The number of urea groups is 1. The van der Waals surface area contributed by atoms with Gasteiger partial charge in [0.15, 0.2) is 0 Å². The maximum absolute atomic E-state index is 11.4. The Bertz CT molecular complexity index is 230. The number of amides is 2. The second-order valence-corrected chi connectivity index (χ2v) is 3.54. The number of likely N-dealkylation sites (N-methyl/N-ethyl adjacent to an activating group) is 1. The lowest BCUT2D eigenvalue weighted by Gasteiger charge is -2.15. The van der Waals surface area contributed by atoms with Gasteiger partial charge in [-0.2, -0.15) is 0 Å². The molecule has 1 heterocycles. The van der Waals surface area contributed by atoms with Crippen LogP contribution in [0.1, 0.15) is 19.3 Å². The zero-order valence-corrected chi connectivity index (χ0v) is 8.40. The predicted molar refractivity (Wildman–Crippen MR) is 51.1 cm³/mol.